The van der Waals surface area contributed by atoms with Gasteiger partial charge in [0, 0.05) is 77.4 Å². The van der Waals surface area contributed by atoms with E-state index in [1.54, 1.807) is 72.8 Å². The number of fused-ring (bicyclic) bond motifs is 4. The first-order valence-corrected chi connectivity index (χ1v) is 19.4. The van der Waals surface area contributed by atoms with Crippen molar-refractivity contribution >= 4 is 56.1 Å². The van der Waals surface area contributed by atoms with Crippen LogP contribution in [0, 0.1) is 0 Å². The average molecular weight is 904 g/mol. The van der Waals surface area contributed by atoms with Gasteiger partial charge >= 0.3 is 34.7 Å². The Morgan fingerprint density at radius 2 is 0.905 bits per heavy atom. The van der Waals surface area contributed by atoms with E-state index in [4.69, 9.17) is 27.1 Å². The quantitative estimate of drug-likeness (QED) is 0.131. The fourth-order valence-electron chi connectivity index (χ4n) is 7.94. The van der Waals surface area contributed by atoms with E-state index in [9.17, 15) is 39.0 Å². The van der Waals surface area contributed by atoms with Crippen molar-refractivity contribution in [1.29, 1.82) is 0 Å². The van der Waals surface area contributed by atoms with Crippen LogP contribution in [0.3, 0.4) is 0 Å². The van der Waals surface area contributed by atoms with Crippen LogP contribution in [-0.2, 0) is 29.0 Å². The standard InChI is InChI=1S/2C23H17NO7.Zn/c2*25-21-11-16(17-9-14-3-1-2-4-19(14)31-22(17)26)15-6-5-13(10-20(15)30-21)18-12-29-8-7-24(18)23(27)28;/h2*1-6,9-11,18H,7-8,12H2,(H,27,28);. The van der Waals surface area contributed by atoms with Crippen LogP contribution in [0.1, 0.15) is 23.2 Å². The third kappa shape index (κ3) is 8.41. The van der Waals surface area contributed by atoms with Crippen molar-refractivity contribution in [2.45, 2.75) is 12.1 Å². The molecular weight excluding hydrogens is 870 g/mol. The molecule has 2 atom stereocenters. The van der Waals surface area contributed by atoms with E-state index in [-0.39, 0.29) is 68.1 Å². The van der Waals surface area contributed by atoms with Crippen molar-refractivity contribution in [3.05, 3.63) is 162 Å². The molecule has 0 radical (unpaired) electrons. The molecule has 314 valence electrons. The van der Waals surface area contributed by atoms with Gasteiger partial charge in [0.2, 0.25) is 0 Å². The molecule has 0 bridgehead atoms. The maximum absolute atomic E-state index is 12.6. The Morgan fingerprint density at radius 1 is 0.492 bits per heavy atom. The number of carbonyl (C=O) groups is 2. The molecule has 0 spiro atoms. The van der Waals surface area contributed by atoms with Crippen molar-refractivity contribution in [2.24, 2.45) is 0 Å². The fraction of sp³-hybridized carbons (Fsp3) is 0.174. The molecule has 4 aromatic heterocycles. The van der Waals surface area contributed by atoms with E-state index >= 15 is 0 Å². The van der Waals surface area contributed by atoms with E-state index in [1.807, 2.05) is 24.3 Å². The van der Waals surface area contributed by atoms with Crippen LogP contribution in [0.25, 0.3) is 66.1 Å². The summed E-state index contributed by atoms with van der Waals surface area (Å²) in [7, 11) is 0. The summed E-state index contributed by atoms with van der Waals surface area (Å²) in [6.45, 7) is 1.56. The molecule has 2 unspecified atom stereocenters. The Kier molecular flexibility index (Phi) is 11.9. The molecule has 16 nitrogen and oxygen atoms in total. The number of nitrogens with zero attached hydrogens (tertiary/aromatic N) is 2. The summed E-state index contributed by atoms with van der Waals surface area (Å²) in [6.07, 6.45) is -2.09. The first kappa shape index (κ1) is 42.5. The Morgan fingerprint density at radius 3 is 1.32 bits per heavy atom. The predicted molar refractivity (Wildman–Crippen MR) is 225 cm³/mol. The predicted octanol–water partition coefficient (Wildman–Crippen LogP) is 7.23. The normalized spacial score (nSPS) is 16.4. The number of benzene rings is 4. The molecule has 2 aliphatic rings. The zero-order valence-corrected chi connectivity index (χ0v) is 36.2. The second kappa shape index (κ2) is 17.7. The fourth-order valence-corrected chi connectivity index (χ4v) is 7.94. The summed E-state index contributed by atoms with van der Waals surface area (Å²) in [5.74, 6) is 0. The van der Waals surface area contributed by atoms with Gasteiger partial charge in [0.25, 0.3) is 0 Å². The van der Waals surface area contributed by atoms with Crippen molar-refractivity contribution in [1.82, 2.24) is 9.80 Å². The van der Waals surface area contributed by atoms with E-state index < -0.39 is 46.8 Å². The number of amides is 2. The monoisotopic (exact) mass is 902 g/mol. The minimum Gasteiger partial charge on any atom is -0.465 e. The van der Waals surface area contributed by atoms with Crippen LogP contribution in [0.15, 0.2) is 146 Å². The molecule has 2 saturated heterocycles. The number of ether oxygens (including phenoxy) is 2. The molecule has 63 heavy (non-hydrogen) atoms. The van der Waals surface area contributed by atoms with Gasteiger partial charge in [0.05, 0.1) is 49.6 Å². The SMILES string of the molecule is O=C(O)N1CCOCC1c1ccc2c(-c3cc4ccccc4oc3=O)cc(=O)oc2c1.O=C(O)N1CCOCC1c1ccc2c(-c3cc4ccccc4oc3=O)cc(=O)oc2c1.[Zn]. The molecule has 4 aromatic carbocycles. The largest absolute Gasteiger partial charge is 0.465 e. The number of para-hydroxylation sites is 2. The first-order valence-electron chi connectivity index (χ1n) is 19.4. The Labute approximate surface area is 366 Å². The molecule has 0 aliphatic carbocycles. The molecule has 10 rings (SSSR count). The van der Waals surface area contributed by atoms with Crippen molar-refractivity contribution < 1.29 is 66.4 Å². The number of hydrogen-bond acceptors (Lipinski definition) is 12. The first-order chi connectivity index (χ1) is 30.0. The smallest absolute Gasteiger partial charge is 0.407 e. The minimum atomic E-state index is -1.04. The summed E-state index contributed by atoms with van der Waals surface area (Å²) in [5, 5.41) is 21.5. The van der Waals surface area contributed by atoms with Crippen molar-refractivity contribution in [2.75, 3.05) is 39.5 Å². The molecule has 0 saturated carbocycles. The van der Waals surface area contributed by atoms with Gasteiger partial charge in [-0.3, -0.25) is 9.80 Å². The topological polar surface area (TPSA) is 220 Å². The van der Waals surface area contributed by atoms with E-state index in [0.717, 1.165) is 10.8 Å². The summed E-state index contributed by atoms with van der Waals surface area (Å²) in [4.78, 5) is 75.6. The summed E-state index contributed by atoms with van der Waals surface area (Å²) < 4.78 is 32.5. The molecule has 2 N–H and O–H groups in total. The number of morpholine rings is 2. The Hall–Kier alpha value is -7.20. The zero-order chi connectivity index (χ0) is 43.1. The van der Waals surface area contributed by atoms with Gasteiger partial charge in [-0.05, 0) is 47.5 Å². The maximum Gasteiger partial charge on any atom is 0.407 e. The van der Waals surface area contributed by atoms with Crippen LogP contribution < -0.4 is 22.5 Å². The third-order valence-corrected chi connectivity index (χ3v) is 10.9. The molecular formula is C46H34N2O14Zn. The van der Waals surface area contributed by atoms with Gasteiger partial charge < -0.3 is 37.4 Å². The van der Waals surface area contributed by atoms with Crippen LogP contribution >= 0.6 is 0 Å². The van der Waals surface area contributed by atoms with E-state index in [1.165, 1.54) is 21.9 Å². The Bertz CT molecular complexity index is 3100. The molecule has 2 amide bonds. The number of rotatable bonds is 4. The summed E-state index contributed by atoms with van der Waals surface area (Å²) in [6, 6.07) is 29.3. The maximum atomic E-state index is 12.6. The van der Waals surface area contributed by atoms with Gasteiger partial charge in [0.15, 0.2) is 0 Å². The number of hydrogen-bond donors (Lipinski definition) is 2. The molecule has 17 heteroatoms. The van der Waals surface area contributed by atoms with Gasteiger partial charge in [-0.2, -0.15) is 0 Å². The van der Waals surface area contributed by atoms with Crippen molar-refractivity contribution in [3.63, 3.8) is 0 Å². The van der Waals surface area contributed by atoms with E-state index in [0.29, 0.717) is 57.4 Å². The Balaban J connectivity index is 0.000000170. The number of carboxylic acid groups (broad SMARTS) is 2. The second-order valence-corrected chi connectivity index (χ2v) is 14.6. The van der Waals surface area contributed by atoms with Gasteiger partial charge in [-0.25, -0.2) is 28.8 Å². The van der Waals surface area contributed by atoms with Gasteiger partial charge in [-0.1, -0.05) is 60.7 Å². The van der Waals surface area contributed by atoms with Crippen LogP contribution in [0.5, 0.6) is 0 Å². The molecule has 8 aromatic rings. The van der Waals surface area contributed by atoms with E-state index in [2.05, 4.69) is 0 Å². The van der Waals surface area contributed by atoms with Crippen LogP contribution in [0.4, 0.5) is 9.59 Å². The minimum absolute atomic E-state index is 0. The zero-order valence-electron chi connectivity index (χ0n) is 33.2. The van der Waals surface area contributed by atoms with Crippen molar-refractivity contribution in [3.8, 4) is 22.3 Å². The molecule has 2 fully saturated rings. The molecule has 2 aliphatic heterocycles. The average Bonchev–Trinajstić information content (AvgIpc) is 3.27. The summed E-state index contributed by atoms with van der Waals surface area (Å²) in [5.41, 5.74) is 1.61. The second-order valence-electron chi connectivity index (χ2n) is 14.6. The summed E-state index contributed by atoms with van der Waals surface area (Å²) >= 11 is 0. The van der Waals surface area contributed by atoms with Gasteiger partial charge in [-0.15, -0.1) is 0 Å². The van der Waals surface area contributed by atoms with Crippen LogP contribution in [0.2, 0.25) is 0 Å². The molecule has 6 heterocycles. The van der Waals surface area contributed by atoms with Gasteiger partial charge in [0.1, 0.15) is 22.3 Å². The third-order valence-electron chi connectivity index (χ3n) is 10.9. The van der Waals surface area contributed by atoms with Crippen LogP contribution in [-0.4, -0.2) is 71.7 Å².